The molecule has 3 aromatic rings. The van der Waals surface area contributed by atoms with Crippen molar-refractivity contribution in [3.8, 4) is 22.8 Å². The molecule has 2 N–H and O–H groups in total. The second-order valence-electron chi connectivity index (χ2n) is 4.16. The molecule has 0 spiro atoms. The summed E-state index contributed by atoms with van der Waals surface area (Å²) < 4.78 is 6.25. The second kappa shape index (κ2) is 5.26. The molecule has 100 valence electrons. The Morgan fingerprint density at radius 2 is 1.85 bits per heavy atom. The van der Waals surface area contributed by atoms with Gasteiger partial charge in [0.15, 0.2) is 0 Å². The first-order chi connectivity index (χ1) is 9.63. The van der Waals surface area contributed by atoms with Crippen molar-refractivity contribution in [3.63, 3.8) is 0 Å². The van der Waals surface area contributed by atoms with Gasteiger partial charge in [0.1, 0.15) is 0 Å². The lowest BCUT2D eigenvalue weighted by molar-refractivity contribution is 0.432. The van der Waals surface area contributed by atoms with Gasteiger partial charge in [0.05, 0.1) is 5.56 Å². The third-order valence-corrected chi connectivity index (χ3v) is 3.54. The molecule has 20 heavy (non-hydrogen) atoms. The molecule has 2 aromatic carbocycles. The van der Waals surface area contributed by atoms with Crippen molar-refractivity contribution < 1.29 is 4.52 Å². The van der Waals surface area contributed by atoms with E-state index >= 15 is 0 Å². The number of hydrogen-bond acceptors (Lipinski definition) is 4. The fourth-order valence-electron chi connectivity index (χ4n) is 1.78. The number of halogens is 2. The Kier molecular flexibility index (Phi) is 3.46. The van der Waals surface area contributed by atoms with Gasteiger partial charge in [0, 0.05) is 20.7 Å². The van der Waals surface area contributed by atoms with Gasteiger partial charge in [-0.1, -0.05) is 32.7 Å². The summed E-state index contributed by atoms with van der Waals surface area (Å²) in [6.45, 7) is 0. The molecule has 0 unspecified atom stereocenters. The van der Waals surface area contributed by atoms with E-state index in [2.05, 4.69) is 26.1 Å². The first-order valence-corrected chi connectivity index (χ1v) is 6.95. The van der Waals surface area contributed by atoms with Gasteiger partial charge in [0.2, 0.25) is 5.82 Å². The summed E-state index contributed by atoms with van der Waals surface area (Å²) >= 11 is 9.25. The monoisotopic (exact) mass is 349 g/mol. The van der Waals surface area contributed by atoms with Crippen LogP contribution in [0.3, 0.4) is 0 Å². The summed E-state index contributed by atoms with van der Waals surface area (Å²) in [5.41, 5.74) is 7.95. The molecule has 0 saturated carbocycles. The van der Waals surface area contributed by atoms with Gasteiger partial charge in [-0.05, 0) is 42.5 Å². The van der Waals surface area contributed by atoms with Gasteiger partial charge < -0.3 is 10.3 Å². The average Bonchev–Trinajstić information content (AvgIpc) is 2.89. The zero-order valence-electron chi connectivity index (χ0n) is 10.2. The summed E-state index contributed by atoms with van der Waals surface area (Å²) in [4.78, 5) is 4.35. The van der Waals surface area contributed by atoms with Crippen LogP contribution in [0, 0.1) is 0 Å². The normalized spacial score (nSPS) is 10.7. The highest BCUT2D eigenvalue weighted by Gasteiger charge is 2.13. The Morgan fingerprint density at radius 1 is 1.10 bits per heavy atom. The maximum Gasteiger partial charge on any atom is 0.260 e. The van der Waals surface area contributed by atoms with Crippen LogP contribution >= 0.6 is 27.5 Å². The van der Waals surface area contributed by atoms with E-state index in [0.717, 1.165) is 10.0 Å². The number of nitrogen functional groups attached to an aromatic ring is 1. The zero-order chi connectivity index (χ0) is 14.1. The van der Waals surface area contributed by atoms with Crippen LogP contribution < -0.4 is 5.73 Å². The molecule has 0 atom stereocenters. The molecule has 0 aliphatic heterocycles. The molecule has 0 aliphatic rings. The van der Waals surface area contributed by atoms with E-state index in [1.807, 2.05) is 24.3 Å². The Labute approximate surface area is 128 Å². The molecular weight excluding hydrogens is 342 g/mol. The van der Waals surface area contributed by atoms with E-state index in [0.29, 0.717) is 28.0 Å². The average molecular weight is 351 g/mol. The number of aromatic nitrogens is 2. The van der Waals surface area contributed by atoms with Crippen molar-refractivity contribution in [2.24, 2.45) is 0 Å². The van der Waals surface area contributed by atoms with Crippen LogP contribution in [0.4, 0.5) is 5.69 Å². The predicted molar refractivity (Wildman–Crippen MR) is 82.3 cm³/mol. The highest BCUT2D eigenvalue weighted by Crippen LogP contribution is 2.29. The number of nitrogens with zero attached hydrogens (tertiary/aromatic N) is 2. The molecule has 0 radical (unpaired) electrons. The van der Waals surface area contributed by atoms with E-state index in [1.54, 1.807) is 18.2 Å². The maximum absolute atomic E-state index is 5.90. The van der Waals surface area contributed by atoms with Crippen molar-refractivity contribution in [1.82, 2.24) is 10.1 Å². The standard InChI is InChI=1S/C14H9BrClN3O/c15-9-3-1-8(2-4-9)13-18-14(20-19-13)11-6-5-10(16)7-12(11)17/h1-7H,17H2. The summed E-state index contributed by atoms with van der Waals surface area (Å²) in [5, 5.41) is 4.53. The van der Waals surface area contributed by atoms with Gasteiger partial charge in [-0.25, -0.2) is 0 Å². The molecule has 1 aromatic heterocycles. The zero-order valence-corrected chi connectivity index (χ0v) is 12.5. The third kappa shape index (κ3) is 2.55. The van der Waals surface area contributed by atoms with E-state index in [1.165, 1.54) is 0 Å². The Morgan fingerprint density at radius 3 is 2.55 bits per heavy atom. The molecule has 0 amide bonds. The van der Waals surface area contributed by atoms with Gasteiger partial charge in [0.25, 0.3) is 5.89 Å². The topological polar surface area (TPSA) is 64.9 Å². The van der Waals surface area contributed by atoms with E-state index in [9.17, 15) is 0 Å². The molecule has 0 aliphatic carbocycles. The summed E-state index contributed by atoms with van der Waals surface area (Å²) in [5.74, 6) is 0.888. The minimum Gasteiger partial charge on any atom is -0.398 e. The SMILES string of the molecule is Nc1cc(Cl)ccc1-c1nc(-c2ccc(Br)cc2)no1. The fraction of sp³-hybridized carbons (Fsp3) is 0. The lowest BCUT2D eigenvalue weighted by atomic mass is 10.2. The van der Waals surface area contributed by atoms with E-state index in [-0.39, 0.29) is 0 Å². The fourth-order valence-corrected chi connectivity index (χ4v) is 2.22. The number of benzene rings is 2. The first-order valence-electron chi connectivity index (χ1n) is 5.78. The van der Waals surface area contributed by atoms with Crippen LogP contribution in [0.25, 0.3) is 22.8 Å². The summed E-state index contributed by atoms with van der Waals surface area (Å²) in [7, 11) is 0. The third-order valence-electron chi connectivity index (χ3n) is 2.77. The van der Waals surface area contributed by atoms with Crippen molar-refractivity contribution in [1.29, 1.82) is 0 Å². The summed E-state index contributed by atoms with van der Waals surface area (Å²) in [6.07, 6.45) is 0. The van der Waals surface area contributed by atoms with Crippen LogP contribution in [-0.2, 0) is 0 Å². The van der Waals surface area contributed by atoms with Crippen molar-refractivity contribution in [3.05, 3.63) is 52.0 Å². The predicted octanol–water partition coefficient (Wildman–Crippen LogP) is 4.40. The van der Waals surface area contributed by atoms with Gasteiger partial charge in [-0.15, -0.1) is 0 Å². The highest BCUT2D eigenvalue weighted by molar-refractivity contribution is 9.10. The van der Waals surface area contributed by atoms with Crippen molar-refractivity contribution >= 4 is 33.2 Å². The Balaban J connectivity index is 1.99. The van der Waals surface area contributed by atoms with Gasteiger partial charge >= 0.3 is 0 Å². The summed E-state index contributed by atoms with van der Waals surface area (Å²) in [6, 6.07) is 12.8. The van der Waals surface area contributed by atoms with Crippen LogP contribution in [0.15, 0.2) is 51.5 Å². The minimum absolute atomic E-state index is 0.372. The molecule has 0 bridgehead atoms. The molecule has 3 rings (SSSR count). The van der Waals surface area contributed by atoms with Crippen LogP contribution in [-0.4, -0.2) is 10.1 Å². The van der Waals surface area contributed by atoms with Crippen LogP contribution in [0.2, 0.25) is 5.02 Å². The molecule has 1 heterocycles. The lowest BCUT2D eigenvalue weighted by Gasteiger charge is -2.00. The minimum atomic E-state index is 0.372. The van der Waals surface area contributed by atoms with Crippen molar-refractivity contribution in [2.75, 3.05) is 5.73 Å². The largest absolute Gasteiger partial charge is 0.398 e. The molecule has 0 fully saturated rings. The highest BCUT2D eigenvalue weighted by atomic mass is 79.9. The smallest absolute Gasteiger partial charge is 0.260 e. The van der Waals surface area contributed by atoms with E-state index in [4.69, 9.17) is 21.9 Å². The first kappa shape index (κ1) is 13.1. The Bertz CT molecular complexity index is 755. The molecular formula is C14H9BrClN3O. The number of rotatable bonds is 2. The van der Waals surface area contributed by atoms with Crippen LogP contribution in [0.1, 0.15) is 0 Å². The molecule has 6 heteroatoms. The number of nitrogens with two attached hydrogens (primary N) is 1. The maximum atomic E-state index is 5.90. The second-order valence-corrected chi connectivity index (χ2v) is 5.51. The quantitative estimate of drug-likeness (QED) is 0.696. The van der Waals surface area contributed by atoms with Gasteiger partial charge in [-0.3, -0.25) is 0 Å². The van der Waals surface area contributed by atoms with Crippen molar-refractivity contribution in [2.45, 2.75) is 0 Å². The van der Waals surface area contributed by atoms with Crippen LogP contribution in [0.5, 0.6) is 0 Å². The lowest BCUT2D eigenvalue weighted by Crippen LogP contribution is -1.90. The van der Waals surface area contributed by atoms with E-state index < -0.39 is 0 Å². The Hall–Kier alpha value is -1.85. The molecule has 0 saturated heterocycles. The molecule has 4 nitrogen and oxygen atoms in total. The number of anilines is 1. The van der Waals surface area contributed by atoms with Gasteiger partial charge in [-0.2, -0.15) is 4.98 Å². The number of hydrogen-bond donors (Lipinski definition) is 1.